The minimum Gasteiger partial charge on any atom is -0.424 e. The van der Waals surface area contributed by atoms with E-state index >= 15 is 0 Å². The molecule has 0 atom stereocenters. The molecule has 2 aromatic rings. The van der Waals surface area contributed by atoms with E-state index in [-0.39, 0.29) is 0 Å². The van der Waals surface area contributed by atoms with Crippen molar-refractivity contribution < 1.29 is 4.74 Å². The third-order valence-electron chi connectivity index (χ3n) is 2.02. The Kier molecular flexibility index (Phi) is 2.18. The van der Waals surface area contributed by atoms with Gasteiger partial charge in [-0.15, -0.1) is 0 Å². The molecule has 0 spiro atoms. The highest BCUT2D eigenvalue weighted by Crippen LogP contribution is 2.18. The molecule has 4 nitrogen and oxygen atoms in total. The highest BCUT2D eigenvalue weighted by atomic mass is 16.5. The Morgan fingerprint density at radius 2 is 2.21 bits per heavy atom. The van der Waals surface area contributed by atoms with Crippen LogP contribution in [0.25, 0.3) is 0 Å². The van der Waals surface area contributed by atoms with E-state index in [1.54, 1.807) is 18.6 Å². The Bertz CT molecular complexity index is 422. The molecule has 0 unspecified atom stereocenters. The van der Waals surface area contributed by atoms with E-state index in [0.717, 1.165) is 5.69 Å². The van der Waals surface area contributed by atoms with Crippen LogP contribution in [-0.4, -0.2) is 14.5 Å². The maximum Gasteiger partial charge on any atom is 0.301 e. The summed E-state index contributed by atoms with van der Waals surface area (Å²) in [5.41, 5.74) is 1.06. The van der Waals surface area contributed by atoms with Crippen molar-refractivity contribution in [1.82, 2.24) is 14.5 Å². The highest BCUT2D eigenvalue weighted by Gasteiger charge is 2.04. The summed E-state index contributed by atoms with van der Waals surface area (Å²) in [5.74, 6) is 0.696. The van der Waals surface area contributed by atoms with Crippen molar-refractivity contribution in [2.75, 3.05) is 0 Å². The fourth-order valence-electron chi connectivity index (χ4n) is 1.08. The maximum absolute atomic E-state index is 5.52. The average Bonchev–Trinajstić information content (AvgIpc) is 2.52. The molecule has 0 aromatic carbocycles. The van der Waals surface area contributed by atoms with Gasteiger partial charge >= 0.3 is 6.01 Å². The van der Waals surface area contributed by atoms with Gasteiger partial charge in [-0.05, 0) is 19.1 Å². The van der Waals surface area contributed by atoms with Crippen molar-refractivity contribution in [1.29, 1.82) is 0 Å². The van der Waals surface area contributed by atoms with Gasteiger partial charge in [0.25, 0.3) is 0 Å². The van der Waals surface area contributed by atoms with Crippen LogP contribution in [0.2, 0.25) is 0 Å². The lowest BCUT2D eigenvalue weighted by atomic mass is 10.5. The predicted molar refractivity (Wildman–Crippen MR) is 52.3 cm³/mol. The molecular weight excluding hydrogens is 178 g/mol. The van der Waals surface area contributed by atoms with Gasteiger partial charge in [0, 0.05) is 18.9 Å². The van der Waals surface area contributed by atoms with Gasteiger partial charge in [0.2, 0.25) is 0 Å². The van der Waals surface area contributed by atoms with E-state index in [4.69, 9.17) is 4.74 Å². The molecule has 0 aliphatic heterocycles. The van der Waals surface area contributed by atoms with Gasteiger partial charge in [-0.3, -0.25) is 4.98 Å². The smallest absolute Gasteiger partial charge is 0.301 e. The van der Waals surface area contributed by atoms with Crippen LogP contribution < -0.4 is 4.74 Å². The molecule has 0 N–H and O–H groups in total. The summed E-state index contributed by atoms with van der Waals surface area (Å²) in [5, 5.41) is 0. The molecule has 0 aliphatic carbocycles. The van der Waals surface area contributed by atoms with Crippen LogP contribution in [-0.2, 0) is 7.05 Å². The molecule has 14 heavy (non-hydrogen) atoms. The minimum atomic E-state index is 0.579. The van der Waals surface area contributed by atoms with Gasteiger partial charge in [0.1, 0.15) is 5.75 Å². The summed E-state index contributed by atoms with van der Waals surface area (Å²) in [4.78, 5) is 8.08. The van der Waals surface area contributed by atoms with Crippen molar-refractivity contribution in [2.24, 2.45) is 7.05 Å². The molecule has 0 amide bonds. The SMILES string of the molecule is Cc1cnc(Oc2cccnc2)n1C. The van der Waals surface area contributed by atoms with E-state index in [1.165, 1.54) is 0 Å². The van der Waals surface area contributed by atoms with Gasteiger partial charge in [-0.25, -0.2) is 4.98 Å². The largest absolute Gasteiger partial charge is 0.424 e. The molecular formula is C10H11N3O. The number of imidazole rings is 1. The standard InChI is InChI=1S/C10H11N3O/c1-8-6-12-10(13(8)2)14-9-4-3-5-11-7-9/h3-7H,1-2H3. The molecule has 0 radical (unpaired) electrons. The van der Waals surface area contributed by atoms with Crippen molar-refractivity contribution in [3.63, 3.8) is 0 Å². The number of aromatic nitrogens is 3. The molecule has 0 fully saturated rings. The van der Waals surface area contributed by atoms with E-state index in [2.05, 4.69) is 9.97 Å². The van der Waals surface area contributed by atoms with Gasteiger partial charge < -0.3 is 9.30 Å². The number of pyridine rings is 1. The second-order valence-electron chi connectivity index (χ2n) is 3.03. The van der Waals surface area contributed by atoms with Crippen molar-refractivity contribution in [2.45, 2.75) is 6.92 Å². The van der Waals surface area contributed by atoms with Crippen LogP contribution >= 0.6 is 0 Å². The maximum atomic E-state index is 5.52. The second kappa shape index (κ2) is 3.49. The minimum absolute atomic E-state index is 0.579. The Balaban J connectivity index is 2.23. The van der Waals surface area contributed by atoms with Crippen LogP contribution in [0.1, 0.15) is 5.69 Å². The normalized spacial score (nSPS) is 10.1. The number of hydrogen-bond donors (Lipinski definition) is 0. The first-order valence-electron chi connectivity index (χ1n) is 4.33. The molecule has 0 bridgehead atoms. The Morgan fingerprint density at radius 1 is 1.36 bits per heavy atom. The van der Waals surface area contributed by atoms with E-state index in [9.17, 15) is 0 Å². The van der Waals surface area contributed by atoms with E-state index in [0.29, 0.717) is 11.8 Å². The number of hydrogen-bond acceptors (Lipinski definition) is 3. The zero-order valence-corrected chi connectivity index (χ0v) is 8.14. The zero-order valence-electron chi connectivity index (χ0n) is 8.14. The molecule has 72 valence electrons. The topological polar surface area (TPSA) is 39.9 Å². The molecule has 2 aromatic heterocycles. The van der Waals surface area contributed by atoms with Gasteiger partial charge in [-0.1, -0.05) is 0 Å². The first-order chi connectivity index (χ1) is 6.77. The second-order valence-corrected chi connectivity index (χ2v) is 3.03. The van der Waals surface area contributed by atoms with Crippen LogP contribution in [0.15, 0.2) is 30.7 Å². The number of aryl methyl sites for hydroxylation is 1. The molecule has 2 heterocycles. The van der Waals surface area contributed by atoms with Crippen molar-refractivity contribution >= 4 is 0 Å². The Morgan fingerprint density at radius 3 is 2.79 bits per heavy atom. The van der Waals surface area contributed by atoms with Crippen LogP contribution in [0.5, 0.6) is 11.8 Å². The van der Waals surface area contributed by atoms with E-state index < -0.39 is 0 Å². The Labute approximate surface area is 82.2 Å². The molecule has 0 aliphatic rings. The summed E-state index contributed by atoms with van der Waals surface area (Å²) >= 11 is 0. The van der Waals surface area contributed by atoms with Crippen LogP contribution in [0.4, 0.5) is 0 Å². The number of rotatable bonds is 2. The fraction of sp³-hybridized carbons (Fsp3) is 0.200. The quantitative estimate of drug-likeness (QED) is 0.724. The first-order valence-corrected chi connectivity index (χ1v) is 4.33. The lowest BCUT2D eigenvalue weighted by Crippen LogP contribution is -1.95. The lowest BCUT2D eigenvalue weighted by molar-refractivity contribution is 0.421. The summed E-state index contributed by atoms with van der Waals surface area (Å²) in [6.45, 7) is 1.98. The average molecular weight is 189 g/mol. The van der Waals surface area contributed by atoms with Gasteiger partial charge in [0.05, 0.1) is 12.4 Å². The summed E-state index contributed by atoms with van der Waals surface area (Å²) in [7, 11) is 1.91. The Hall–Kier alpha value is -1.84. The summed E-state index contributed by atoms with van der Waals surface area (Å²) < 4.78 is 7.40. The third-order valence-corrected chi connectivity index (χ3v) is 2.02. The van der Waals surface area contributed by atoms with Gasteiger partial charge in [0.15, 0.2) is 0 Å². The third kappa shape index (κ3) is 1.59. The van der Waals surface area contributed by atoms with Crippen molar-refractivity contribution in [3.8, 4) is 11.8 Å². The highest BCUT2D eigenvalue weighted by molar-refractivity contribution is 5.21. The molecule has 4 heteroatoms. The zero-order chi connectivity index (χ0) is 9.97. The lowest BCUT2D eigenvalue weighted by Gasteiger charge is -2.04. The first kappa shape index (κ1) is 8.74. The van der Waals surface area contributed by atoms with Gasteiger partial charge in [-0.2, -0.15) is 0 Å². The van der Waals surface area contributed by atoms with Crippen LogP contribution in [0, 0.1) is 6.92 Å². The van der Waals surface area contributed by atoms with Crippen LogP contribution in [0.3, 0.4) is 0 Å². The molecule has 0 saturated carbocycles. The number of nitrogens with zero attached hydrogens (tertiary/aromatic N) is 3. The monoisotopic (exact) mass is 189 g/mol. The molecule has 0 saturated heterocycles. The van der Waals surface area contributed by atoms with Crippen molar-refractivity contribution in [3.05, 3.63) is 36.4 Å². The molecule has 2 rings (SSSR count). The number of ether oxygens (including phenoxy) is 1. The van der Waals surface area contributed by atoms with E-state index in [1.807, 2.05) is 30.7 Å². The fourth-order valence-corrected chi connectivity index (χ4v) is 1.08. The predicted octanol–water partition coefficient (Wildman–Crippen LogP) is 1.92. The summed E-state index contributed by atoms with van der Waals surface area (Å²) in [6.07, 6.45) is 5.13. The summed E-state index contributed by atoms with van der Waals surface area (Å²) in [6, 6.07) is 4.25.